The molecule has 2 aromatic carbocycles. The van der Waals surface area contributed by atoms with Crippen LogP contribution in [0.1, 0.15) is 44.1 Å². The number of carboxylic acid groups (broad SMARTS) is 2. The number of hydrogen-bond acceptors (Lipinski definition) is 7. The van der Waals surface area contributed by atoms with E-state index in [-0.39, 0.29) is 40.0 Å². The van der Waals surface area contributed by atoms with Crippen LogP contribution in [0.15, 0.2) is 45.6 Å². The van der Waals surface area contributed by atoms with Gasteiger partial charge in [-0.1, -0.05) is 32.9 Å². The number of rotatable bonds is 6. The molecule has 206 valence electrons. The van der Waals surface area contributed by atoms with Gasteiger partial charge < -0.3 is 29.4 Å². The lowest BCUT2D eigenvalue weighted by Crippen LogP contribution is -2.17. The molecule has 0 unspecified atom stereocenters. The van der Waals surface area contributed by atoms with Gasteiger partial charge >= 0.3 is 18.1 Å². The number of phenolic OH excluding ortho intramolecular Hbond substituents is 1. The summed E-state index contributed by atoms with van der Waals surface area (Å²) < 4.78 is 51.9. The number of benzene rings is 2. The molecule has 0 saturated carbocycles. The van der Waals surface area contributed by atoms with Crippen molar-refractivity contribution in [3.63, 3.8) is 0 Å². The van der Waals surface area contributed by atoms with Gasteiger partial charge in [-0.15, -0.1) is 0 Å². The fourth-order valence-corrected chi connectivity index (χ4v) is 3.31. The van der Waals surface area contributed by atoms with Crippen LogP contribution in [-0.2, 0) is 27.7 Å². The first-order valence-corrected chi connectivity index (χ1v) is 11.2. The van der Waals surface area contributed by atoms with Crippen molar-refractivity contribution in [2.45, 2.75) is 45.3 Å². The Morgan fingerprint density at radius 3 is 1.95 bits per heavy atom. The van der Waals surface area contributed by atoms with Gasteiger partial charge in [-0.2, -0.15) is 13.2 Å². The van der Waals surface area contributed by atoms with Crippen molar-refractivity contribution in [1.82, 2.24) is 4.90 Å². The Labute approximate surface area is 215 Å². The first kappa shape index (κ1) is 30.2. The summed E-state index contributed by atoms with van der Waals surface area (Å²) in [7, 11) is 3.36. The van der Waals surface area contributed by atoms with Gasteiger partial charge in [0.05, 0.1) is 10.9 Å². The SMILES string of the molecule is CN(C)Cc1c(O)ccc2c(=O)c(Oc3ccc(C(C)(C)C)cc3)c(C(F)(F)F)oc12.O=C(O)CC(=O)O. The van der Waals surface area contributed by atoms with Crippen LogP contribution in [0.3, 0.4) is 0 Å². The average Bonchev–Trinajstić information content (AvgIpc) is 2.75. The van der Waals surface area contributed by atoms with Gasteiger partial charge in [0.15, 0.2) is 0 Å². The Bertz CT molecular complexity index is 1360. The van der Waals surface area contributed by atoms with E-state index in [0.29, 0.717) is 0 Å². The second-order valence-electron chi connectivity index (χ2n) is 9.61. The molecule has 38 heavy (non-hydrogen) atoms. The van der Waals surface area contributed by atoms with E-state index < -0.39 is 41.5 Å². The molecular weight excluding hydrogens is 511 g/mol. The molecule has 3 rings (SSSR count). The van der Waals surface area contributed by atoms with Crippen LogP contribution in [0.5, 0.6) is 17.2 Å². The van der Waals surface area contributed by atoms with Crippen molar-refractivity contribution in [3.05, 3.63) is 63.5 Å². The maximum Gasteiger partial charge on any atom is 0.453 e. The van der Waals surface area contributed by atoms with Crippen LogP contribution in [-0.4, -0.2) is 46.3 Å². The molecule has 0 fully saturated rings. The fraction of sp³-hybridized carbons (Fsp3) is 0.346. The van der Waals surface area contributed by atoms with Gasteiger partial charge in [0, 0.05) is 6.54 Å². The number of carbonyl (C=O) groups is 2. The first-order chi connectivity index (χ1) is 17.4. The largest absolute Gasteiger partial charge is 0.507 e. The smallest absolute Gasteiger partial charge is 0.453 e. The van der Waals surface area contributed by atoms with Crippen LogP contribution >= 0.6 is 0 Å². The van der Waals surface area contributed by atoms with Crippen molar-refractivity contribution in [1.29, 1.82) is 0 Å². The molecule has 0 amide bonds. The molecule has 0 bridgehead atoms. The van der Waals surface area contributed by atoms with E-state index in [1.807, 2.05) is 20.8 Å². The third-order valence-corrected chi connectivity index (χ3v) is 5.07. The topological polar surface area (TPSA) is 138 Å². The molecule has 0 aliphatic heterocycles. The molecule has 0 saturated heterocycles. The molecule has 3 N–H and O–H groups in total. The number of phenols is 1. The number of halogens is 3. The maximum atomic E-state index is 13.8. The monoisotopic (exact) mass is 539 g/mol. The highest BCUT2D eigenvalue weighted by Crippen LogP contribution is 2.40. The average molecular weight is 540 g/mol. The van der Waals surface area contributed by atoms with Crippen molar-refractivity contribution < 1.29 is 47.2 Å². The highest BCUT2D eigenvalue weighted by Gasteiger charge is 2.41. The van der Waals surface area contributed by atoms with E-state index in [4.69, 9.17) is 19.4 Å². The zero-order valence-corrected chi connectivity index (χ0v) is 21.3. The fourth-order valence-electron chi connectivity index (χ4n) is 3.31. The first-order valence-electron chi connectivity index (χ1n) is 11.2. The lowest BCUT2D eigenvalue weighted by Gasteiger charge is -2.19. The van der Waals surface area contributed by atoms with E-state index >= 15 is 0 Å². The van der Waals surface area contributed by atoms with Gasteiger partial charge in [0.2, 0.25) is 11.2 Å². The predicted octanol–water partition coefficient (Wildman–Crippen LogP) is 5.21. The number of alkyl halides is 3. The summed E-state index contributed by atoms with van der Waals surface area (Å²) in [5, 5.41) is 25.4. The molecule has 3 aromatic rings. The summed E-state index contributed by atoms with van der Waals surface area (Å²) in [6.45, 7) is 6.09. The number of aromatic hydroxyl groups is 1. The van der Waals surface area contributed by atoms with Gasteiger partial charge in [-0.05, 0) is 49.3 Å². The van der Waals surface area contributed by atoms with Gasteiger partial charge in [-0.3, -0.25) is 14.4 Å². The van der Waals surface area contributed by atoms with Crippen molar-refractivity contribution in [2.75, 3.05) is 14.1 Å². The summed E-state index contributed by atoms with van der Waals surface area (Å²) in [5.41, 5.74) is -0.381. The Hall–Kier alpha value is -4.06. The second-order valence-corrected chi connectivity index (χ2v) is 9.61. The Morgan fingerprint density at radius 2 is 1.53 bits per heavy atom. The summed E-state index contributed by atoms with van der Waals surface area (Å²) in [6, 6.07) is 8.98. The van der Waals surface area contributed by atoms with Crippen LogP contribution in [0.2, 0.25) is 0 Å². The van der Waals surface area contributed by atoms with Crippen LogP contribution in [0.25, 0.3) is 11.0 Å². The van der Waals surface area contributed by atoms with Gasteiger partial charge in [0.1, 0.15) is 23.5 Å². The quantitative estimate of drug-likeness (QED) is 0.360. The summed E-state index contributed by atoms with van der Waals surface area (Å²) in [4.78, 5) is 33.5. The minimum Gasteiger partial charge on any atom is -0.507 e. The number of aliphatic carboxylic acids is 2. The van der Waals surface area contributed by atoms with E-state index in [1.165, 1.54) is 24.3 Å². The number of nitrogens with zero attached hydrogens (tertiary/aromatic N) is 1. The molecule has 9 nitrogen and oxygen atoms in total. The van der Waals surface area contributed by atoms with Crippen LogP contribution < -0.4 is 10.2 Å². The van der Waals surface area contributed by atoms with Gasteiger partial charge in [-0.25, -0.2) is 0 Å². The summed E-state index contributed by atoms with van der Waals surface area (Å²) in [6.07, 6.45) is -5.78. The van der Waals surface area contributed by atoms with E-state index in [0.717, 1.165) is 5.56 Å². The van der Waals surface area contributed by atoms with Crippen molar-refractivity contribution in [3.8, 4) is 17.2 Å². The van der Waals surface area contributed by atoms with Crippen LogP contribution in [0.4, 0.5) is 13.2 Å². The molecule has 1 heterocycles. The lowest BCUT2D eigenvalue weighted by atomic mass is 9.87. The normalized spacial score (nSPS) is 11.7. The van der Waals surface area contributed by atoms with Crippen molar-refractivity contribution in [2.24, 2.45) is 0 Å². The minimum atomic E-state index is -4.98. The number of carboxylic acids is 2. The molecule has 12 heteroatoms. The van der Waals surface area contributed by atoms with E-state index in [2.05, 4.69) is 0 Å². The maximum absolute atomic E-state index is 13.8. The molecule has 1 aromatic heterocycles. The third-order valence-electron chi connectivity index (χ3n) is 5.07. The number of fused-ring (bicyclic) bond motifs is 1. The van der Waals surface area contributed by atoms with E-state index in [9.17, 15) is 32.7 Å². The number of hydrogen-bond donors (Lipinski definition) is 3. The summed E-state index contributed by atoms with van der Waals surface area (Å²) in [5.74, 6) is -5.29. The molecule has 0 radical (unpaired) electrons. The molecule has 0 aliphatic carbocycles. The molecule has 0 aliphatic rings. The Morgan fingerprint density at radius 1 is 0.974 bits per heavy atom. The zero-order valence-electron chi connectivity index (χ0n) is 21.3. The highest BCUT2D eigenvalue weighted by atomic mass is 19.4. The summed E-state index contributed by atoms with van der Waals surface area (Å²) >= 11 is 0. The lowest BCUT2D eigenvalue weighted by molar-refractivity contribution is -0.154. The van der Waals surface area contributed by atoms with Crippen LogP contribution in [0, 0.1) is 0 Å². The second kappa shape index (κ2) is 11.5. The number of ether oxygens (including phenoxy) is 1. The van der Waals surface area contributed by atoms with Crippen molar-refractivity contribution >= 4 is 22.9 Å². The standard InChI is InChI=1S/C23H24F3NO4.C3H4O4/c1-22(2,3)13-6-8-14(9-7-13)30-20-18(29)15-10-11-17(28)16(12-27(4)5)19(15)31-21(20)23(24,25)26;4-2(5)1-3(6)7/h6-11,28H,12H2,1-5H3;1H2,(H,4,5)(H,6,7). The van der Waals surface area contributed by atoms with Gasteiger partial charge in [0.25, 0.3) is 5.76 Å². The zero-order chi connectivity index (χ0) is 29.0. The third kappa shape index (κ3) is 7.72. The Kier molecular flexibility index (Phi) is 9.17. The Balaban J connectivity index is 0.000000638. The molecular formula is C26H28F3NO8. The minimum absolute atomic E-state index is 0.0810. The van der Waals surface area contributed by atoms with E-state index in [1.54, 1.807) is 31.1 Å². The molecule has 0 spiro atoms. The predicted molar refractivity (Wildman–Crippen MR) is 132 cm³/mol. The highest BCUT2D eigenvalue weighted by molar-refractivity contribution is 5.88. The molecule has 0 atom stereocenters.